The summed E-state index contributed by atoms with van der Waals surface area (Å²) in [7, 11) is 0. The number of hydrogen-bond donors (Lipinski definition) is 5. The Labute approximate surface area is 215 Å². The maximum atomic E-state index is 12.7. The number of phenolic OH excluding ortho intramolecular Hbond substituents is 1. The molecule has 0 radical (unpaired) electrons. The molecule has 1 aromatic rings. The summed E-state index contributed by atoms with van der Waals surface area (Å²) in [6.07, 6.45) is -0.505. The van der Waals surface area contributed by atoms with Crippen LogP contribution in [-0.4, -0.2) is 62.5 Å². The number of rotatable bonds is 6. The van der Waals surface area contributed by atoms with E-state index in [0.717, 1.165) is 16.7 Å². The maximum absolute atomic E-state index is 12.7. The molecule has 5 unspecified atom stereocenters. The molecule has 2 fully saturated rings. The first-order valence-electron chi connectivity index (χ1n) is 13.2. The van der Waals surface area contributed by atoms with Crippen LogP contribution in [0.4, 0.5) is 0 Å². The fraction of sp³-hybridized carbons (Fsp3) is 0.759. The highest BCUT2D eigenvalue weighted by Gasteiger charge is 2.56. The van der Waals surface area contributed by atoms with E-state index in [0.29, 0.717) is 37.9 Å². The summed E-state index contributed by atoms with van der Waals surface area (Å²) in [5.74, 6) is -0.396. The smallest absolute Gasteiger partial charge is 0.306 e. The summed E-state index contributed by atoms with van der Waals surface area (Å²) < 4.78 is 5.71. The van der Waals surface area contributed by atoms with Crippen LogP contribution in [0.1, 0.15) is 89.8 Å². The van der Waals surface area contributed by atoms with Crippen molar-refractivity contribution < 1.29 is 35.1 Å². The van der Waals surface area contributed by atoms with Gasteiger partial charge in [-0.25, -0.2) is 0 Å². The van der Waals surface area contributed by atoms with Crippen LogP contribution in [0.5, 0.6) is 5.75 Å². The first-order valence-corrected chi connectivity index (χ1v) is 13.2. The molecular weight excluding hydrogens is 460 g/mol. The van der Waals surface area contributed by atoms with E-state index in [1.807, 2.05) is 53.7 Å². The Morgan fingerprint density at radius 2 is 1.53 bits per heavy atom. The zero-order valence-electron chi connectivity index (χ0n) is 22.8. The molecule has 7 heteroatoms. The zero-order chi connectivity index (χ0) is 27.1. The number of carbonyl (C=O) groups excluding carboxylic acids is 1. The van der Waals surface area contributed by atoms with Gasteiger partial charge in [0.2, 0.25) is 0 Å². The fourth-order valence-electron chi connectivity index (χ4n) is 7.02. The summed E-state index contributed by atoms with van der Waals surface area (Å²) in [5, 5.41) is 52.8. The first-order chi connectivity index (χ1) is 16.5. The minimum atomic E-state index is -0.823. The average Bonchev–Trinajstić information content (AvgIpc) is 2.70. The van der Waals surface area contributed by atoms with Crippen LogP contribution in [0.2, 0.25) is 0 Å². The van der Waals surface area contributed by atoms with Crippen LogP contribution in [0.3, 0.4) is 0 Å². The van der Waals surface area contributed by atoms with Gasteiger partial charge in [-0.3, -0.25) is 4.79 Å². The van der Waals surface area contributed by atoms with Gasteiger partial charge in [-0.2, -0.15) is 0 Å². The molecule has 1 aromatic carbocycles. The lowest BCUT2D eigenvalue weighted by Gasteiger charge is -2.57. The van der Waals surface area contributed by atoms with Crippen LogP contribution in [0.15, 0.2) is 12.1 Å². The molecule has 0 aliphatic heterocycles. The van der Waals surface area contributed by atoms with E-state index in [1.54, 1.807) is 0 Å². The number of ether oxygens (including phenoxy) is 1. The summed E-state index contributed by atoms with van der Waals surface area (Å²) >= 11 is 0. The SMILES string of the molecule is Cc1cc(CCC(=O)OCC(C)(C)C2C(O)CC(O)CC23CC(O)CC(O)C3)cc(C(C)(C)C)c1O. The Balaban J connectivity index is 1.68. The monoisotopic (exact) mass is 506 g/mol. The Bertz CT molecular complexity index is 911. The number of carbonyl (C=O) groups is 1. The Kier molecular flexibility index (Phi) is 8.51. The number of aryl methyl sites for hydroxylation is 2. The second-order valence-corrected chi connectivity index (χ2v) is 13.2. The van der Waals surface area contributed by atoms with E-state index in [4.69, 9.17) is 4.74 Å². The minimum Gasteiger partial charge on any atom is -0.507 e. The van der Waals surface area contributed by atoms with Crippen LogP contribution >= 0.6 is 0 Å². The molecule has 2 saturated carbocycles. The molecule has 5 atom stereocenters. The van der Waals surface area contributed by atoms with Gasteiger partial charge >= 0.3 is 5.97 Å². The third-order valence-electron chi connectivity index (χ3n) is 8.26. The van der Waals surface area contributed by atoms with Gasteiger partial charge < -0.3 is 30.3 Å². The van der Waals surface area contributed by atoms with Crippen molar-refractivity contribution in [3.05, 3.63) is 28.8 Å². The molecular formula is C29H46O7. The lowest BCUT2D eigenvalue weighted by molar-refractivity contribution is -0.184. The number of aliphatic hydroxyl groups excluding tert-OH is 4. The highest BCUT2D eigenvalue weighted by Crippen LogP contribution is 2.57. The van der Waals surface area contributed by atoms with Gasteiger partial charge in [0.1, 0.15) is 5.75 Å². The minimum absolute atomic E-state index is 0.0967. The normalized spacial score (nSPS) is 31.4. The van der Waals surface area contributed by atoms with Crippen molar-refractivity contribution >= 4 is 5.97 Å². The Hall–Kier alpha value is -1.67. The largest absolute Gasteiger partial charge is 0.507 e. The second-order valence-electron chi connectivity index (χ2n) is 13.2. The standard InChI is InChI=1S/C29H46O7/c1-17-9-18(10-22(25(17)35)27(2,3)4)7-8-24(34)36-16-28(5,6)26-23(33)12-21(32)15-29(26)13-19(30)11-20(31)14-29/h9-10,19-21,23,26,30-33,35H,7-8,11-16H2,1-6H3. The van der Waals surface area contributed by atoms with Crippen LogP contribution in [0.25, 0.3) is 0 Å². The zero-order valence-corrected chi connectivity index (χ0v) is 22.8. The maximum Gasteiger partial charge on any atom is 0.306 e. The van der Waals surface area contributed by atoms with Crippen molar-refractivity contribution in [2.45, 2.75) is 116 Å². The summed E-state index contributed by atoms with van der Waals surface area (Å²) in [5.41, 5.74) is 1.12. The lowest BCUT2D eigenvalue weighted by atomic mass is 9.50. The highest BCUT2D eigenvalue weighted by molar-refractivity contribution is 5.69. The Morgan fingerprint density at radius 3 is 2.08 bits per heavy atom. The second kappa shape index (κ2) is 10.6. The topological polar surface area (TPSA) is 127 Å². The van der Waals surface area contributed by atoms with E-state index in [1.165, 1.54) is 0 Å². The van der Waals surface area contributed by atoms with Crippen molar-refractivity contribution in [2.24, 2.45) is 16.7 Å². The van der Waals surface area contributed by atoms with Crippen molar-refractivity contribution in [3.63, 3.8) is 0 Å². The fourth-order valence-corrected chi connectivity index (χ4v) is 7.02. The summed E-state index contributed by atoms with van der Waals surface area (Å²) in [4.78, 5) is 12.7. The molecule has 5 N–H and O–H groups in total. The molecule has 0 saturated heterocycles. The molecule has 0 heterocycles. The van der Waals surface area contributed by atoms with Crippen molar-refractivity contribution in [1.82, 2.24) is 0 Å². The highest BCUT2D eigenvalue weighted by atomic mass is 16.5. The predicted molar refractivity (Wildman–Crippen MR) is 138 cm³/mol. The van der Waals surface area contributed by atoms with Gasteiger partial charge in [0, 0.05) is 11.8 Å². The molecule has 2 aliphatic rings. The van der Waals surface area contributed by atoms with Gasteiger partial charge in [0.05, 0.1) is 31.0 Å². The van der Waals surface area contributed by atoms with E-state index >= 15 is 0 Å². The van der Waals surface area contributed by atoms with Gasteiger partial charge in [0.15, 0.2) is 0 Å². The number of hydrogen-bond acceptors (Lipinski definition) is 7. The molecule has 0 aromatic heterocycles. The molecule has 36 heavy (non-hydrogen) atoms. The molecule has 7 nitrogen and oxygen atoms in total. The molecule has 0 bridgehead atoms. The van der Waals surface area contributed by atoms with E-state index < -0.39 is 35.2 Å². The van der Waals surface area contributed by atoms with Crippen LogP contribution < -0.4 is 0 Å². The number of benzene rings is 1. The van der Waals surface area contributed by atoms with Crippen molar-refractivity contribution in [1.29, 1.82) is 0 Å². The number of phenols is 1. The van der Waals surface area contributed by atoms with E-state index in [2.05, 4.69) is 0 Å². The first kappa shape index (κ1) is 28.9. The average molecular weight is 507 g/mol. The van der Waals surface area contributed by atoms with Gasteiger partial charge in [0.25, 0.3) is 0 Å². The Morgan fingerprint density at radius 1 is 0.972 bits per heavy atom. The van der Waals surface area contributed by atoms with Gasteiger partial charge in [-0.1, -0.05) is 46.8 Å². The van der Waals surface area contributed by atoms with Gasteiger partial charge in [-0.15, -0.1) is 0 Å². The van der Waals surface area contributed by atoms with E-state index in [-0.39, 0.29) is 36.8 Å². The van der Waals surface area contributed by atoms with Crippen molar-refractivity contribution in [3.8, 4) is 5.75 Å². The number of aromatic hydroxyl groups is 1. The molecule has 0 amide bonds. The molecule has 204 valence electrons. The predicted octanol–water partition coefficient (Wildman–Crippen LogP) is 3.52. The van der Waals surface area contributed by atoms with Crippen molar-refractivity contribution in [2.75, 3.05) is 6.61 Å². The van der Waals surface area contributed by atoms with Gasteiger partial charge in [-0.05, 0) is 78.9 Å². The number of esters is 1. The third-order valence-corrected chi connectivity index (χ3v) is 8.26. The lowest BCUT2D eigenvalue weighted by Crippen LogP contribution is -2.58. The van der Waals surface area contributed by atoms with Crippen LogP contribution in [0, 0.1) is 23.7 Å². The molecule has 3 rings (SSSR count). The third kappa shape index (κ3) is 6.42. The molecule has 2 aliphatic carbocycles. The summed E-state index contributed by atoms with van der Waals surface area (Å²) in [6.45, 7) is 12.0. The quantitative estimate of drug-likeness (QED) is 0.374. The summed E-state index contributed by atoms with van der Waals surface area (Å²) in [6, 6.07) is 3.85. The van der Waals surface area contributed by atoms with E-state index in [9.17, 15) is 30.3 Å². The molecule has 1 spiro atoms. The van der Waals surface area contributed by atoms with Crippen LogP contribution in [-0.2, 0) is 21.4 Å². The number of aliphatic hydroxyl groups is 4.